The quantitative estimate of drug-likeness (QED) is 0.863. The van der Waals surface area contributed by atoms with Crippen molar-refractivity contribution in [2.75, 3.05) is 12.4 Å². The number of aromatic nitrogens is 2. The molecule has 0 unspecified atom stereocenters. The Kier molecular flexibility index (Phi) is 3.85. The van der Waals surface area contributed by atoms with Gasteiger partial charge in [-0.05, 0) is 11.4 Å². The Labute approximate surface area is 98.3 Å². The Balaban J connectivity index is 1.81. The Morgan fingerprint density at radius 1 is 1.31 bits per heavy atom. The van der Waals surface area contributed by atoms with Crippen LogP contribution in [-0.2, 0) is 18.0 Å². The van der Waals surface area contributed by atoms with Gasteiger partial charge < -0.3 is 10.1 Å². The number of thiophene rings is 1. The predicted molar refractivity (Wildman–Crippen MR) is 64.4 cm³/mol. The fourth-order valence-corrected chi connectivity index (χ4v) is 1.85. The van der Waals surface area contributed by atoms with Crippen molar-refractivity contribution in [3.05, 3.63) is 40.5 Å². The molecule has 0 amide bonds. The summed E-state index contributed by atoms with van der Waals surface area (Å²) in [5, 5.41) is 4.96. The number of nitrogens with zero attached hydrogens (tertiary/aromatic N) is 2. The zero-order valence-electron chi connectivity index (χ0n) is 9.01. The normalized spacial score (nSPS) is 10.3. The summed E-state index contributed by atoms with van der Waals surface area (Å²) in [4.78, 5) is 9.61. The highest BCUT2D eigenvalue weighted by atomic mass is 32.1. The van der Waals surface area contributed by atoms with Gasteiger partial charge in [-0.2, -0.15) is 0 Å². The molecule has 0 radical (unpaired) electrons. The molecule has 0 aliphatic heterocycles. The third-order valence-electron chi connectivity index (χ3n) is 2.04. The second kappa shape index (κ2) is 5.58. The van der Waals surface area contributed by atoms with Gasteiger partial charge in [0.15, 0.2) is 0 Å². The van der Waals surface area contributed by atoms with Crippen LogP contribution in [0, 0.1) is 0 Å². The average Bonchev–Trinajstić information content (AvgIpc) is 2.83. The molecule has 0 aliphatic carbocycles. The number of nitrogens with one attached hydrogen (secondary N) is 1. The molecule has 0 saturated carbocycles. The highest BCUT2D eigenvalue weighted by Crippen LogP contribution is 2.10. The molecule has 0 bridgehead atoms. The van der Waals surface area contributed by atoms with Crippen molar-refractivity contribution in [1.82, 2.24) is 9.97 Å². The van der Waals surface area contributed by atoms with Gasteiger partial charge in [0, 0.05) is 11.9 Å². The van der Waals surface area contributed by atoms with Crippen molar-refractivity contribution in [3.63, 3.8) is 0 Å². The first-order valence-corrected chi connectivity index (χ1v) is 5.85. The molecule has 5 heteroatoms. The molecule has 2 heterocycles. The van der Waals surface area contributed by atoms with Crippen molar-refractivity contribution in [3.8, 4) is 0 Å². The van der Waals surface area contributed by atoms with E-state index < -0.39 is 0 Å². The minimum Gasteiger partial charge on any atom is -0.372 e. The van der Waals surface area contributed by atoms with Gasteiger partial charge in [-0.1, -0.05) is 6.07 Å². The second-order valence-electron chi connectivity index (χ2n) is 3.22. The first-order valence-electron chi connectivity index (χ1n) is 4.97. The summed E-state index contributed by atoms with van der Waals surface area (Å²) in [5.74, 6) is 0.766. The van der Waals surface area contributed by atoms with Crippen molar-refractivity contribution in [2.24, 2.45) is 0 Å². The van der Waals surface area contributed by atoms with Crippen LogP contribution in [0.15, 0.2) is 29.9 Å². The third-order valence-corrected chi connectivity index (χ3v) is 2.89. The summed E-state index contributed by atoms with van der Waals surface area (Å²) in [6, 6.07) is 4.07. The van der Waals surface area contributed by atoms with Gasteiger partial charge in [0.1, 0.15) is 5.82 Å². The van der Waals surface area contributed by atoms with E-state index in [0.29, 0.717) is 13.2 Å². The molecule has 84 valence electrons. The van der Waals surface area contributed by atoms with Crippen molar-refractivity contribution in [1.29, 1.82) is 0 Å². The molecule has 2 aromatic rings. The largest absolute Gasteiger partial charge is 0.372 e. The van der Waals surface area contributed by atoms with Crippen LogP contribution in [-0.4, -0.2) is 17.0 Å². The van der Waals surface area contributed by atoms with E-state index in [-0.39, 0.29) is 0 Å². The van der Waals surface area contributed by atoms with Crippen molar-refractivity contribution >= 4 is 17.2 Å². The number of rotatable bonds is 5. The lowest BCUT2D eigenvalue weighted by Crippen LogP contribution is -1.99. The van der Waals surface area contributed by atoms with Crippen molar-refractivity contribution in [2.45, 2.75) is 13.2 Å². The van der Waals surface area contributed by atoms with Crippen LogP contribution in [0.3, 0.4) is 0 Å². The van der Waals surface area contributed by atoms with Crippen LogP contribution in [0.5, 0.6) is 0 Å². The Hall–Kier alpha value is -1.46. The summed E-state index contributed by atoms with van der Waals surface area (Å²) >= 11 is 1.69. The highest BCUT2D eigenvalue weighted by molar-refractivity contribution is 7.09. The zero-order valence-corrected chi connectivity index (χ0v) is 9.83. The Morgan fingerprint density at radius 2 is 2.25 bits per heavy atom. The standard InChI is InChI=1S/C11H13N3OS/c1-12-11-6-13-9(5-14-11)7-15-8-10-3-2-4-16-10/h2-6H,7-8H2,1H3,(H,12,14). The molecule has 0 aliphatic rings. The van der Waals surface area contributed by atoms with E-state index in [1.807, 2.05) is 18.5 Å². The van der Waals surface area contributed by atoms with Gasteiger partial charge in [0.05, 0.1) is 31.3 Å². The van der Waals surface area contributed by atoms with Gasteiger partial charge in [0.25, 0.3) is 0 Å². The minimum atomic E-state index is 0.495. The van der Waals surface area contributed by atoms with Gasteiger partial charge in [0.2, 0.25) is 0 Å². The highest BCUT2D eigenvalue weighted by Gasteiger charge is 1.98. The lowest BCUT2D eigenvalue weighted by molar-refractivity contribution is 0.106. The molecule has 0 aromatic carbocycles. The number of hydrogen-bond donors (Lipinski definition) is 1. The van der Waals surface area contributed by atoms with Gasteiger partial charge >= 0.3 is 0 Å². The zero-order chi connectivity index (χ0) is 11.2. The fourth-order valence-electron chi connectivity index (χ4n) is 1.21. The van der Waals surface area contributed by atoms with Gasteiger partial charge in [-0.25, -0.2) is 4.98 Å². The van der Waals surface area contributed by atoms with E-state index in [9.17, 15) is 0 Å². The molecule has 0 fully saturated rings. The Morgan fingerprint density at radius 3 is 2.88 bits per heavy atom. The maximum Gasteiger partial charge on any atom is 0.144 e. The van der Waals surface area contributed by atoms with Crippen LogP contribution in [0.25, 0.3) is 0 Å². The maximum atomic E-state index is 5.53. The summed E-state index contributed by atoms with van der Waals surface area (Å²) in [7, 11) is 1.82. The lowest BCUT2D eigenvalue weighted by atomic mass is 10.4. The summed E-state index contributed by atoms with van der Waals surface area (Å²) in [6.07, 6.45) is 3.42. The molecular weight excluding hydrogens is 222 g/mol. The van der Waals surface area contributed by atoms with Crippen molar-refractivity contribution < 1.29 is 4.74 Å². The van der Waals surface area contributed by atoms with E-state index in [0.717, 1.165) is 11.5 Å². The van der Waals surface area contributed by atoms with E-state index in [4.69, 9.17) is 4.74 Å². The average molecular weight is 235 g/mol. The lowest BCUT2D eigenvalue weighted by Gasteiger charge is -2.03. The summed E-state index contributed by atoms with van der Waals surface area (Å²) in [5.41, 5.74) is 0.843. The molecule has 0 spiro atoms. The van der Waals surface area contributed by atoms with Gasteiger partial charge in [-0.15, -0.1) is 11.3 Å². The fraction of sp³-hybridized carbons (Fsp3) is 0.273. The van der Waals surface area contributed by atoms with E-state index in [2.05, 4.69) is 21.4 Å². The van der Waals surface area contributed by atoms with Crippen LogP contribution >= 0.6 is 11.3 Å². The minimum absolute atomic E-state index is 0.495. The number of anilines is 1. The van der Waals surface area contributed by atoms with E-state index in [1.54, 1.807) is 23.7 Å². The summed E-state index contributed by atoms with van der Waals surface area (Å²) < 4.78 is 5.53. The van der Waals surface area contributed by atoms with Gasteiger partial charge in [-0.3, -0.25) is 4.98 Å². The monoisotopic (exact) mass is 235 g/mol. The number of ether oxygens (including phenoxy) is 1. The predicted octanol–water partition coefficient (Wildman–Crippen LogP) is 2.30. The van der Waals surface area contributed by atoms with E-state index in [1.165, 1.54) is 4.88 Å². The topological polar surface area (TPSA) is 47.0 Å². The maximum absolute atomic E-state index is 5.53. The third kappa shape index (κ3) is 3.01. The molecule has 1 N–H and O–H groups in total. The molecule has 0 atom stereocenters. The van der Waals surface area contributed by atoms with Crippen LogP contribution in [0.1, 0.15) is 10.6 Å². The molecule has 4 nitrogen and oxygen atoms in total. The molecule has 2 aromatic heterocycles. The molecule has 2 rings (SSSR count). The first kappa shape index (κ1) is 11.0. The molecule has 16 heavy (non-hydrogen) atoms. The smallest absolute Gasteiger partial charge is 0.144 e. The van der Waals surface area contributed by atoms with Crippen LogP contribution < -0.4 is 5.32 Å². The molecule has 0 saturated heterocycles. The van der Waals surface area contributed by atoms with E-state index >= 15 is 0 Å². The first-order chi connectivity index (χ1) is 7.88. The van der Waals surface area contributed by atoms with Crippen LogP contribution in [0.2, 0.25) is 0 Å². The number of hydrogen-bond acceptors (Lipinski definition) is 5. The molecular formula is C11H13N3OS. The van der Waals surface area contributed by atoms with Crippen LogP contribution in [0.4, 0.5) is 5.82 Å². The SMILES string of the molecule is CNc1cnc(COCc2cccs2)cn1. The Bertz CT molecular complexity index is 413. The second-order valence-corrected chi connectivity index (χ2v) is 4.25. The summed E-state index contributed by atoms with van der Waals surface area (Å²) in [6.45, 7) is 1.13.